The Labute approximate surface area is 291 Å². The van der Waals surface area contributed by atoms with Gasteiger partial charge < -0.3 is 14.5 Å². The van der Waals surface area contributed by atoms with Crippen LogP contribution in [0.5, 0.6) is 5.88 Å². The molecule has 4 bridgehead atoms. The highest BCUT2D eigenvalue weighted by molar-refractivity contribution is 7.92. The second-order valence-corrected chi connectivity index (χ2v) is 15.4. The number of fused-ring (bicyclic) bond motifs is 6. The van der Waals surface area contributed by atoms with E-state index in [1.807, 2.05) is 30.3 Å². The number of alkyl halides is 3. The quantitative estimate of drug-likeness (QED) is 0.226. The fraction of sp³-hybridized carbons (Fsp3) is 0.472. The zero-order valence-electron chi connectivity index (χ0n) is 28.7. The van der Waals surface area contributed by atoms with E-state index >= 15 is 0 Å². The van der Waals surface area contributed by atoms with E-state index in [2.05, 4.69) is 31.7 Å². The third-order valence-corrected chi connectivity index (χ3v) is 10.8. The van der Waals surface area contributed by atoms with Crippen molar-refractivity contribution in [2.75, 3.05) is 42.9 Å². The summed E-state index contributed by atoms with van der Waals surface area (Å²) in [5, 5.41) is 4.31. The van der Waals surface area contributed by atoms with Crippen molar-refractivity contribution in [1.29, 1.82) is 0 Å². The van der Waals surface area contributed by atoms with Gasteiger partial charge >= 0.3 is 6.18 Å². The molecule has 0 radical (unpaired) electrons. The lowest BCUT2D eigenvalue weighted by molar-refractivity contribution is -0.219. The van der Waals surface area contributed by atoms with Crippen molar-refractivity contribution in [3.8, 4) is 22.8 Å². The Kier molecular flexibility index (Phi) is 10.4. The van der Waals surface area contributed by atoms with Gasteiger partial charge in [0, 0.05) is 37.0 Å². The molecule has 2 aliphatic rings. The zero-order valence-corrected chi connectivity index (χ0v) is 29.5. The lowest BCUT2D eigenvalue weighted by atomic mass is 9.94. The summed E-state index contributed by atoms with van der Waals surface area (Å²) >= 11 is 0. The van der Waals surface area contributed by atoms with Gasteiger partial charge in [0.15, 0.2) is 5.03 Å². The molecule has 10 nitrogen and oxygen atoms in total. The fourth-order valence-corrected chi connectivity index (χ4v) is 7.34. The Morgan fingerprint density at radius 1 is 0.920 bits per heavy atom. The highest BCUT2D eigenvalue weighted by atomic mass is 32.2. The second kappa shape index (κ2) is 14.6. The molecule has 0 amide bonds. The molecule has 3 aromatic heterocycles. The van der Waals surface area contributed by atoms with Crippen LogP contribution in [-0.2, 0) is 16.4 Å². The van der Waals surface area contributed by atoms with E-state index < -0.39 is 28.2 Å². The number of benzene rings is 1. The summed E-state index contributed by atoms with van der Waals surface area (Å²) in [4.78, 5) is 14.0. The minimum absolute atomic E-state index is 0.0245. The Morgan fingerprint density at radius 2 is 1.72 bits per heavy atom. The van der Waals surface area contributed by atoms with Gasteiger partial charge in [-0.05, 0) is 89.4 Å². The predicted octanol–water partition coefficient (Wildman–Crippen LogP) is 7.11. The van der Waals surface area contributed by atoms with Crippen LogP contribution < -0.4 is 14.4 Å². The third kappa shape index (κ3) is 8.07. The van der Waals surface area contributed by atoms with Crippen LogP contribution >= 0.6 is 0 Å². The van der Waals surface area contributed by atoms with E-state index in [1.54, 1.807) is 18.3 Å². The van der Waals surface area contributed by atoms with Crippen molar-refractivity contribution >= 4 is 21.7 Å². The summed E-state index contributed by atoms with van der Waals surface area (Å²) in [6.45, 7) is 4.15. The number of anilines is 2. The van der Waals surface area contributed by atoms with Crippen molar-refractivity contribution in [2.45, 2.75) is 76.0 Å². The third-order valence-electron chi connectivity index (χ3n) is 9.58. The molecule has 4 aromatic rings. The summed E-state index contributed by atoms with van der Waals surface area (Å²) in [7, 11) is -1.99. The molecule has 268 valence electrons. The van der Waals surface area contributed by atoms with Crippen LogP contribution in [0.4, 0.5) is 24.8 Å². The number of halogens is 3. The first-order valence-electron chi connectivity index (χ1n) is 17.1. The average molecular weight is 712 g/mol. The van der Waals surface area contributed by atoms with Crippen molar-refractivity contribution in [1.82, 2.24) is 24.6 Å². The molecule has 1 fully saturated rings. The van der Waals surface area contributed by atoms with Crippen LogP contribution in [0, 0.1) is 5.41 Å². The number of hydrogen-bond donors (Lipinski definition) is 1. The Bertz CT molecular complexity index is 1900. The van der Waals surface area contributed by atoms with Gasteiger partial charge in [-0.2, -0.15) is 21.6 Å². The van der Waals surface area contributed by atoms with Crippen LogP contribution in [0.1, 0.15) is 57.9 Å². The maximum atomic E-state index is 13.8. The monoisotopic (exact) mass is 711 g/mol. The van der Waals surface area contributed by atoms with Gasteiger partial charge in [0.1, 0.15) is 18.2 Å². The minimum atomic E-state index is -4.44. The molecule has 1 unspecified atom stereocenters. The molecule has 1 saturated heterocycles. The van der Waals surface area contributed by atoms with Gasteiger partial charge in [0.25, 0.3) is 10.0 Å². The highest BCUT2D eigenvalue weighted by Crippen LogP contribution is 2.38. The van der Waals surface area contributed by atoms with E-state index in [0.29, 0.717) is 23.2 Å². The van der Waals surface area contributed by atoms with Gasteiger partial charge in [0.2, 0.25) is 5.88 Å². The predicted molar refractivity (Wildman–Crippen MR) is 187 cm³/mol. The fourth-order valence-electron chi connectivity index (χ4n) is 6.37. The van der Waals surface area contributed by atoms with Crippen molar-refractivity contribution in [3.05, 3.63) is 72.4 Å². The molecular formula is C36H44F3N7O3S. The zero-order chi connectivity index (χ0) is 35.5. The molecular weight excluding hydrogens is 668 g/mol. The standard InChI is InChI=1S/C36H44F3N7O3S/c1-35(2,36(37,38)39)25-49-32-20-23-46(42-32)29-18-19-30-40-34(29)28-15-8-7-13-26(28)12-6-4-5-9-22-45(24-27-14-11-21-44(27)3)31-16-10-17-33(41-31)50(47,48)43-30/h7-8,10,13,15-20,23,27H,4-6,9,11-12,14,21-22,24-25H2,1-3H3,(H,40,43). The van der Waals surface area contributed by atoms with Crippen LogP contribution in [0.2, 0.25) is 0 Å². The number of nitrogens with one attached hydrogen (secondary N) is 1. The van der Waals surface area contributed by atoms with Gasteiger partial charge in [-0.1, -0.05) is 43.2 Å². The summed E-state index contributed by atoms with van der Waals surface area (Å²) < 4.78 is 77.5. The number of likely N-dealkylation sites (N-methyl/N-ethyl adjacent to an activating group) is 1. The smallest absolute Gasteiger partial charge is 0.397 e. The van der Waals surface area contributed by atoms with Crippen molar-refractivity contribution in [3.63, 3.8) is 0 Å². The molecule has 6 rings (SSSR count). The Morgan fingerprint density at radius 3 is 2.50 bits per heavy atom. The number of pyridine rings is 2. The first-order chi connectivity index (χ1) is 23.8. The average Bonchev–Trinajstić information content (AvgIpc) is 3.72. The van der Waals surface area contributed by atoms with E-state index in [1.165, 1.54) is 22.9 Å². The van der Waals surface area contributed by atoms with E-state index in [-0.39, 0.29) is 16.7 Å². The molecule has 1 aromatic carbocycles. The number of aryl methyl sites for hydroxylation is 1. The number of sulfonamides is 1. The summed E-state index contributed by atoms with van der Waals surface area (Å²) in [5.74, 6) is 0.746. The van der Waals surface area contributed by atoms with Crippen molar-refractivity contribution in [2.24, 2.45) is 5.41 Å². The summed E-state index contributed by atoms with van der Waals surface area (Å²) in [6.07, 6.45) is 4.10. The molecule has 14 heteroatoms. The number of rotatable bonds is 6. The summed E-state index contributed by atoms with van der Waals surface area (Å²) in [5.41, 5.74) is 0.747. The number of hydrogen-bond acceptors (Lipinski definition) is 8. The minimum Gasteiger partial charge on any atom is -0.476 e. The maximum Gasteiger partial charge on any atom is 0.397 e. The topological polar surface area (TPSA) is 105 Å². The number of ether oxygens (including phenoxy) is 1. The lowest BCUT2D eigenvalue weighted by Crippen LogP contribution is -2.39. The molecule has 0 spiro atoms. The number of nitrogens with zero attached hydrogens (tertiary/aromatic N) is 6. The van der Waals surface area contributed by atoms with Crippen molar-refractivity contribution < 1.29 is 26.3 Å². The molecule has 50 heavy (non-hydrogen) atoms. The van der Waals surface area contributed by atoms with Gasteiger partial charge in [-0.15, -0.1) is 5.10 Å². The normalized spacial score (nSPS) is 19.0. The molecule has 0 aliphatic carbocycles. The van der Waals surface area contributed by atoms with E-state index in [0.717, 1.165) is 89.6 Å². The van der Waals surface area contributed by atoms with Crippen LogP contribution in [0.15, 0.2) is 71.9 Å². The van der Waals surface area contributed by atoms with Crippen LogP contribution in [0.25, 0.3) is 16.9 Å². The van der Waals surface area contributed by atoms with Gasteiger partial charge in [0.05, 0.1) is 16.8 Å². The molecule has 0 saturated carbocycles. The van der Waals surface area contributed by atoms with E-state index in [4.69, 9.17) is 9.72 Å². The first-order valence-corrected chi connectivity index (χ1v) is 18.6. The SMILES string of the molecule is CN1CCCC1CN1CCCCCCc2ccccc2-c2nc(ccc2-n2ccc(OCC(C)(C)C(F)(F)F)n2)NS(=O)(=O)c2cccc1n2. The molecule has 1 atom stereocenters. The maximum absolute atomic E-state index is 13.8. The lowest BCUT2D eigenvalue weighted by Gasteiger charge is -2.30. The largest absolute Gasteiger partial charge is 0.476 e. The Balaban J connectivity index is 1.35. The molecule has 1 N–H and O–H groups in total. The number of aromatic nitrogens is 4. The Hall–Kier alpha value is -4.17. The molecule has 2 aliphatic heterocycles. The van der Waals surface area contributed by atoms with E-state index in [9.17, 15) is 21.6 Å². The first kappa shape index (κ1) is 35.6. The second-order valence-electron chi connectivity index (χ2n) is 13.8. The summed E-state index contributed by atoms with van der Waals surface area (Å²) in [6, 6.07) is 18.0. The highest BCUT2D eigenvalue weighted by Gasteiger charge is 2.48. The van der Waals surface area contributed by atoms with Crippen LogP contribution in [0.3, 0.4) is 0 Å². The van der Waals surface area contributed by atoms with Gasteiger partial charge in [-0.25, -0.2) is 14.6 Å². The number of likely N-dealkylation sites (tertiary alicyclic amines) is 1. The molecule has 5 heterocycles. The van der Waals surface area contributed by atoms with Crippen LogP contribution in [-0.4, -0.2) is 78.6 Å². The van der Waals surface area contributed by atoms with Gasteiger partial charge in [-0.3, -0.25) is 4.72 Å².